The first-order chi connectivity index (χ1) is 10.3. The number of thiazole rings is 1. The number of anilines is 1. The first-order valence-electron chi connectivity index (χ1n) is 6.76. The van der Waals surface area contributed by atoms with Crippen LogP contribution in [0.4, 0.5) is 5.13 Å². The lowest BCUT2D eigenvalue weighted by Crippen LogP contribution is -2.11. The summed E-state index contributed by atoms with van der Waals surface area (Å²) in [5.41, 5.74) is 2.47. The van der Waals surface area contributed by atoms with Gasteiger partial charge in [-0.3, -0.25) is 10.1 Å². The number of aryl methyl sites for hydroxylation is 2. The normalized spacial score (nSPS) is 12.4. The van der Waals surface area contributed by atoms with E-state index in [-0.39, 0.29) is 12.5 Å². The van der Waals surface area contributed by atoms with Crippen molar-refractivity contribution < 1.29 is 9.90 Å². The van der Waals surface area contributed by atoms with E-state index >= 15 is 0 Å². The minimum Gasteiger partial charge on any atom is -0.384 e. The lowest BCUT2D eigenvalue weighted by Gasteiger charge is -2.02. The van der Waals surface area contributed by atoms with E-state index in [0.717, 1.165) is 24.1 Å². The van der Waals surface area contributed by atoms with E-state index in [9.17, 15) is 4.79 Å². The van der Waals surface area contributed by atoms with Gasteiger partial charge in [-0.15, -0.1) is 11.3 Å². The highest BCUT2D eigenvalue weighted by Gasteiger charge is 2.18. The average Bonchev–Trinajstić information content (AvgIpc) is 3.06. The van der Waals surface area contributed by atoms with Crippen LogP contribution < -0.4 is 5.32 Å². The Balaban J connectivity index is 1.69. The van der Waals surface area contributed by atoms with Gasteiger partial charge in [0.05, 0.1) is 5.69 Å². The third-order valence-electron chi connectivity index (χ3n) is 3.28. The Kier molecular flexibility index (Phi) is 4.00. The van der Waals surface area contributed by atoms with Crippen LogP contribution in [0.2, 0.25) is 0 Å². The van der Waals surface area contributed by atoms with E-state index in [1.807, 2.05) is 0 Å². The van der Waals surface area contributed by atoms with Gasteiger partial charge in [-0.05, 0) is 43.5 Å². The predicted molar refractivity (Wildman–Crippen MR) is 82.5 cm³/mol. The summed E-state index contributed by atoms with van der Waals surface area (Å²) in [7, 11) is 0. The average molecular weight is 298 g/mol. The van der Waals surface area contributed by atoms with E-state index in [2.05, 4.69) is 22.1 Å². The number of carbonyl (C=O) groups excluding carboxylic acids is 1. The zero-order valence-electron chi connectivity index (χ0n) is 11.3. The van der Waals surface area contributed by atoms with E-state index in [1.165, 1.54) is 11.3 Å². The summed E-state index contributed by atoms with van der Waals surface area (Å²) in [4.78, 5) is 17.9. The van der Waals surface area contributed by atoms with Crippen molar-refractivity contribution in [1.29, 1.82) is 0 Å². The largest absolute Gasteiger partial charge is 0.384 e. The van der Waals surface area contributed by atoms with Crippen molar-refractivity contribution in [2.75, 3.05) is 11.9 Å². The molecule has 2 N–H and O–H groups in total. The van der Waals surface area contributed by atoms with Crippen LogP contribution in [0.1, 0.15) is 32.9 Å². The lowest BCUT2D eigenvalue weighted by atomic mass is 10.1. The summed E-state index contributed by atoms with van der Waals surface area (Å²) in [6.45, 7) is -0.170. The summed E-state index contributed by atoms with van der Waals surface area (Å²) in [5, 5.41) is 12.2. The van der Waals surface area contributed by atoms with Gasteiger partial charge in [0.1, 0.15) is 6.61 Å². The highest BCUT2D eigenvalue weighted by Crippen LogP contribution is 2.30. The first kappa shape index (κ1) is 13.8. The van der Waals surface area contributed by atoms with Gasteiger partial charge in [0.2, 0.25) is 0 Å². The molecule has 106 valence electrons. The Hall–Kier alpha value is -2.16. The minimum absolute atomic E-state index is 0.163. The number of nitrogens with zero attached hydrogens (tertiary/aromatic N) is 1. The number of hydrogen-bond acceptors (Lipinski definition) is 4. The Labute approximate surface area is 126 Å². The third-order valence-corrected chi connectivity index (χ3v) is 4.35. The highest BCUT2D eigenvalue weighted by atomic mass is 32.1. The van der Waals surface area contributed by atoms with E-state index < -0.39 is 0 Å². The molecule has 1 aromatic carbocycles. The second-order valence-electron chi connectivity index (χ2n) is 4.73. The quantitative estimate of drug-likeness (QED) is 0.836. The Morgan fingerprint density at radius 1 is 1.33 bits per heavy atom. The van der Waals surface area contributed by atoms with Crippen LogP contribution in [0, 0.1) is 11.8 Å². The summed E-state index contributed by atoms with van der Waals surface area (Å²) in [5.74, 6) is 5.20. The maximum absolute atomic E-state index is 12.1. The molecule has 4 nitrogen and oxygen atoms in total. The number of aromatic nitrogens is 1. The number of amides is 1. The van der Waals surface area contributed by atoms with Crippen LogP contribution in [0.25, 0.3) is 0 Å². The van der Waals surface area contributed by atoms with Crippen molar-refractivity contribution in [2.45, 2.75) is 19.3 Å². The van der Waals surface area contributed by atoms with Crippen LogP contribution in [0.15, 0.2) is 24.3 Å². The Morgan fingerprint density at radius 3 is 2.86 bits per heavy atom. The summed E-state index contributed by atoms with van der Waals surface area (Å²) in [6.07, 6.45) is 3.25. The SMILES string of the molecule is O=C(Nc1nc2c(s1)CCC2)c1ccc(C#CCO)cc1. The van der Waals surface area contributed by atoms with Gasteiger partial charge < -0.3 is 5.11 Å². The minimum atomic E-state index is -0.170. The van der Waals surface area contributed by atoms with Gasteiger partial charge in [0.25, 0.3) is 5.91 Å². The van der Waals surface area contributed by atoms with Crippen molar-refractivity contribution in [3.8, 4) is 11.8 Å². The molecule has 0 radical (unpaired) electrons. The molecule has 1 aliphatic carbocycles. The molecule has 0 saturated heterocycles. The molecule has 3 rings (SSSR count). The molecule has 0 saturated carbocycles. The zero-order chi connectivity index (χ0) is 14.7. The summed E-state index contributed by atoms with van der Waals surface area (Å²) >= 11 is 1.57. The Morgan fingerprint density at radius 2 is 2.14 bits per heavy atom. The number of benzene rings is 1. The zero-order valence-corrected chi connectivity index (χ0v) is 12.2. The molecule has 0 unspecified atom stereocenters. The number of aliphatic hydroxyl groups is 1. The van der Waals surface area contributed by atoms with E-state index in [0.29, 0.717) is 10.7 Å². The molecule has 2 aromatic rings. The number of aliphatic hydroxyl groups excluding tert-OH is 1. The molecule has 0 atom stereocenters. The third kappa shape index (κ3) is 3.13. The molecule has 0 fully saturated rings. The number of rotatable bonds is 2. The van der Waals surface area contributed by atoms with E-state index in [1.54, 1.807) is 35.6 Å². The van der Waals surface area contributed by atoms with Crippen molar-refractivity contribution in [1.82, 2.24) is 4.98 Å². The topological polar surface area (TPSA) is 62.2 Å². The van der Waals surface area contributed by atoms with Crippen molar-refractivity contribution in [3.63, 3.8) is 0 Å². The summed E-state index contributed by atoms with van der Waals surface area (Å²) < 4.78 is 0. The van der Waals surface area contributed by atoms with Crippen LogP contribution in [-0.2, 0) is 12.8 Å². The highest BCUT2D eigenvalue weighted by molar-refractivity contribution is 7.15. The monoisotopic (exact) mass is 298 g/mol. The molecular formula is C16H14N2O2S. The predicted octanol–water partition coefficient (Wildman–Crippen LogP) is 2.23. The number of hydrogen-bond donors (Lipinski definition) is 2. The molecule has 1 heterocycles. The van der Waals surface area contributed by atoms with Gasteiger partial charge in [0.15, 0.2) is 5.13 Å². The number of nitrogens with one attached hydrogen (secondary N) is 1. The van der Waals surface area contributed by atoms with Gasteiger partial charge in [-0.2, -0.15) is 0 Å². The fourth-order valence-electron chi connectivity index (χ4n) is 2.26. The van der Waals surface area contributed by atoms with Crippen molar-refractivity contribution in [2.24, 2.45) is 0 Å². The van der Waals surface area contributed by atoms with Gasteiger partial charge in [-0.1, -0.05) is 11.8 Å². The summed E-state index contributed by atoms with van der Waals surface area (Å²) in [6, 6.07) is 6.97. The van der Waals surface area contributed by atoms with Gasteiger partial charge in [0, 0.05) is 16.0 Å². The molecule has 0 bridgehead atoms. The van der Waals surface area contributed by atoms with E-state index in [4.69, 9.17) is 5.11 Å². The molecule has 0 spiro atoms. The number of fused-ring (bicyclic) bond motifs is 1. The fraction of sp³-hybridized carbons (Fsp3) is 0.250. The van der Waals surface area contributed by atoms with Crippen molar-refractivity contribution in [3.05, 3.63) is 46.0 Å². The van der Waals surface area contributed by atoms with Crippen molar-refractivity contribution >= 4 is 22.4 Å². The first-order valence-corrected chi connectivity index (χ1v) is 7.57. The second kappa shape index (κ2) is 6.08. The standard InChI is InChI=1S/C16H14N2O2S/c19-10-2-3-11-6-8-12(9-7-11)15(20)18-16-17-13-4-1-5-14(13)21-16/h6-9,19H,1,4-5,10H2,(H,17,18,20). The van der Waals surface area contributed by atoms with Crippen LogP contribution in [-0.4, -0.2) is 22.6 Å². The van der Waals surface area contributed by atoms with Crippen LogP contribution in [0.3, 0.4) is 0 Å². The molecule has 21 heavy (non-hydrogen) atoms. The Bertz CT molecular complexity index is 701. The molecule has 0 aliphatic heterocycles. The molecule has 1 aromatic heterocycles. The molecular weight excluding hydrogens is 284 g/mol. The number of carbonyl (C=O) groups is 1. The molecule has 1 aliphatic rings. The maximum Gasteiger partial charge on any atom is 0.257 e. The molecule has 5 heteroatoms. The maximum atomic E-state index is 12.1. The second-order valence-corrected chi connectivity index (χ2v) is 5.82. The molecule has 1 amide bonds. The van der Waals surface area contributed by atoms with Gasteiger partial charge >= 0.3 is 0 Å². The van der Waals surface area contributed by atoms with Crippen LogP contribution in [0.5, 0.6) is 0 Å². The fourth-order valence-corrected chi connectivity index (χ4v) is 3.30. The van der Waals surface area contributed by atoms with Crippen LogP contribution >= 0.6 is 11.3 Å². The van der Waals surface area contributed by atoms with Gasteiger partial charge in [-0.25, -0.2) is 4.98 Å². The lowest BCUT2D eigenvalue weighted by molar-refractivity contribution is 0.102. The smallest absolute Gasteiger partial charge is 0.257 e.